The van der Waals surface area contributed by atoms with Gasteiger partial charge < -0.3 is 14.9 Å². The Labute approximate surface area is 96.0 Å². The Morgan fingerprint density at radius 2 is 2.25 bits per heavy atom. The van der Waals surface area contributed by atoms with Gasteiger partial charge in [0.1, 0.15) is 0 Å². The van der Waals surface area contributed by atoms with Gasteiger partial charge in [-0.05, 0) is 26.3 Å². The summed E-state index contributed by atoms with van der Waals surface area (Å²) >= 11 is 0. The molecule has 2 unspecified atom stereocenters. The maximum Gasteiger partial charge on any atom is 0.303 e. The number of hydrogen-bond acceptors (Lipinski definition) is 4. The van der Waals surface area contributed by atoms with E-state index in [4.69, 9.17) is 14.9 Å². The molecule has 0 aromatic carbocycles. The minimum atomic E-state index is -0.733. The van der Waals surface area contributed by atoms with Crippen molar-refractivity contribution >= 4 is 5.97 Å². The number of aliphatic hydroxyl groups excluding tert-OH is 1. The second-order valence-corrected chi connectivity index (χ2v) is 4.33. The maximum absolute atomic E-state index is 10.3. The van der Waals surface area contributed by atoms with Gasteiger partial charge in [-0.3, -0.25) is 9.69 Å². The summed E-state index contributed by atoms with van der Waals surface area (Å²) in [6.07, 6.45) is 1.75. The van der Waals surface area contributed by atoms with Crippen molar-refractivity contribution < 1.29 is 19.7 Å². The number of ether oxygens (including phenoxy) is 1. The third-order valence-corrected chi connectivity index (χ3v) is 2.92. The summed E-state index contributed by atoms with van der Waals surface area (Å²) in [5.41, 5.74) is 0. The van der Waals surface area contributed by atoms with E-state index < -0.39 is 5.97 Å². The van der Waals surface area contributed by atoms with E-state index in [0.717, 1.165) is 19.5 Å². The van der Waals surface area contributed by atoms with Gasteiger partial charge in [-0.25, -0.2) is 0 Å². The number of hydrogen-bond donors (Lipinski definition) is 2. The number of aliphatic carboxylic acids is 1. The number of carboxylic acid groups (broad SMARTS) is 1. The molecule has 0 bridgehead atoms. The molecule has 0 spiro atoms. The molecule has 16 heavy (non-hydrogen) atoms. The SMILES string of the molecule is CC1COC(CO)CN1CCCCC(=O)O. The van der Waals surface area contributed by atoms with Crippen LogP contribution in [0.15, 0.2) is 0 Å². The van der Waals surface area contributed by atoms with Gasteiger partial charge in [0.15, 0.2) is 0 Å². The largest absolute Gasteiger partial charge is 0.481 e. The van der Waals surface area contributed by atoms with E-state index in [1.54, 1.807) is 0 Å². The van der Waals surface area contributed by atoms with Crippen LogP contribution >= 0.6 is 0 Å². The number of morpholine rings is 1. The molecule has 5 heteroatoms. The quantitative estimate of drug-likeness (QED) is 0.644. The summed E-state index contributed by atoms with van der Waals surface area (Å²) in [6.45, 7) is 4.41. The minimum absolute atomic E-state index is 0.0539. The third-order valence-electron chi connectivity index (χ3n) is 2.92. The molecule has 0 aromatic rings. The topological polar surface area (TPSA) is 70.0 Å². The number of carboxylic acids is 1. The number of nitrogens with zero attached hydrogens (tertiary/aromatic N) is 1. The average Bonchev–Trinajstić information content (AvgIpc) is 2.26. The van der Waals surface area contributed by atoms with Gasteiger partial charge in [-0.2, -0.15) is 0 Å². The fraction of sp³-hybridized carbons (Fsp3) is 0.909. The Kier molecular flexibility index (Phi) is 5.73. The normalized spacial score (nSPS) is 26.9. The molecule has 94 valence electrons. The van der Waals surface area contributed by atoms with E-state index in [-0.39, 0.29) is 19.1 Å². The fourth-order valence-electron chi connectivity index (χ4n) is 1.89. The van der Waals surface area contributed by atoms with Crippen molar-refractivity contribution in [3.8, 4) is 0 Å². The van der Waals surface area contributed by atoms with Crippen molar-refractivity contribution in [1.29, 1.82) is 0 Å². The third kappa shape index (κ3) is 4.47. The standard InChI is InChI=1S/C11H21NO4/c1-9-8-16-10(7-13)6-12(9)5-3-2-4-11(14)15/h9-10,13H,2-8H2,1H3,(H,14,15). The Morgan fingerprint density at radius 3 is 2.88 bits per heavy atom. The first-order valence-corrected chi connectivity index (χ1v) is 5.81. The van der Waals surface area contributed by atoms with Crippen LogP contribution in [-0.4, -0.2) is 59.5 Å². The molecule has 1 saturated heterocycles. The molecule has 1 aliphatic rings. The first-order valence-electron chi connectivity index (χ1n) is 5.81. The molecule has 0 aromatic heterocycles. The monoisotopic (exact) mass is 231 g/mol. The molecule has 0 radical (unpaired) electrons. The van der Waals surface area contributed by atoms with E-state index in [1.165, 1.54) is 0 Å². The van der Waals surface area contributed by atoms with Crippen LogP contribution in [0, 0.1) is 0 Å². The van der Waals surface area contributed by atoms with Crippen LogP contribution in [0.4, 0.5) is 0 Å². The second kappa shape index (κ2) is 6.83. The Bertz CT molecular complexity index is 222. The molecule has 1 aliphatic heterocycles. The molecule has 2 atom stereocenters. The van der Waals surface area contributed by atoms with E-state index in [1.807, 2.05) is 0 Å². The highest BCUT2D eigenvalue weighted by Crippen LogP contribution is 2.12. The Balaban J connectivity index is 2.20. The first-order chi connectivity index (χ1) is 7.63. The summed E-state index contributed by atoms with van der Waals surface area (Å²) < 4.78 is 5.43. The van der Waals surface area contributed by atoms with Gasteiger partial charge in [0.2, 0.25) is 0 Å². The van der Waals surface area contributed by atoms with E-state index >= 15 is 0 Å². The molecule has 0 aliphatic carbocycles. The van der Waals surface area contributed by atoms with Crippen LogP contribution in [0.5, 0.6) is 0 Å². The van der Waals surface area contributed by atoms with Crippen molar-refractivity contribution in [1.82, 2.24) is 4.90 Å². The first kappa shape index (κ1) is 13.4. The van der Waals surface area contributed by atoms with Gasteiger partial charge in [-0.1, -0.05) is 0 Å². The van der Waals surface area contributed by atoms with Crippen LogP contribution in [0.3, 0.4) is 0 Å². The van der Waals surface area contributed by atoms with Crippen molar-refractivity contribution in [2.75, 3.05) is 26.3 Å². The maximum atomic E-state index is 10.3. The smallest absolute Gasteiger partial charge is 0.303 e. The lowest BCUT2D eigenvalue weighted by molar-refractivity contribution is -0.137. The predicted octanol–water partition coefficient (Wildman–Crippen LogP) is 0.323. The van der Waals surface area contributed by atoms with Gasteiger partial charge >= 0.3 is 5.97 Å². The summed E-state index contributed by atoms with van der Waals surface area (Å²) in [6, 6.07) is 0.354. The molecule has 1 rings (SSSR count). The van der Waals surface area contributed by atoms with E-state index in [0.29, 0.717) is 19.1 Å². The Morgan fingerprint density at radius 1 is 1.50 bits per heavy atom. The Hall–Kier alpha value is -0.650. The van der Waals surface area contributed by atoms with Crippen molar-refractivity contribution in [3.05, 3.63) is 0 Å². The predicted molar refractivity (Wildman–Crippen MR) is 59.3 cm³/mol. The lowest BCUT2D eigenvalue weighted by Crippen LogP contribution is -2.49. The zero-order valence-corrected chi connectivity index (χ0v) is 9.76. The average molecular weight is 231 g/mol. The highest BCUT2D eigenvalue weighted by atomic mass is 16.5. The van der Waals surface area contributed by atoms with E-state index in [9.17, 15) is 4.79 Å². The summed E-state index contributed by atoms with van der Waals surface area (Å²) in [5, 5.41) is 17.5. The molecule has 5 nitrogen and oxygen atoms in total. The zero-order chi connectivity index (χ0) is 12.0. The number of carbonyl (C=O) groups is 1. The number of aliphatic hydroxyl groups is 1. The van der Waals surface area contributed by atoms with Crippen LogP contribution in [0.25, 0.3) is 0 Å². The fourth-order valence-corrected chi connectivity index (χ4v) is 1.89. The summed E-state index contributed by atoms with van der Waals surface area (Å²) in [4.78, 5) is 12.6. The number of unbranched alkanes of at least 4 members (excludes halogenated alkanes) is 1. The van der Waals surface area contributed by atoms with Crippen LogP contribution in [-0.2, 0) is 9.53 Å². The molecule has 0 saturated carbocycles. The molecule has 0 amide bonds. The molecular weight excluding hydrogens is 210 g/mol. The highest BCUT2D eigenvalue weighted by molar-refractivity contribution is 5.66. The van der Waals surface area contributed by atoms with Crippen molar-refractivity contribution in [2.24, 2.45) is 0 Å². The lowest BCUT2D eigenvalue weighted by atomic mass is 10.1. The van der Waals surface area contributed by atoms with Crippen LogP contribution < -0.4 is 0 Å². The highest BCUT2D eigenvalue weighted by Gasteiger charge is 2.24. The van der Waals surface area contributed by atoms with Gasteiger partial charge in [0.05, 0.1) is 19.3 Å². The summed E-state index contributed by atoms with van der Waals surface area (Å²) in [5.74, 6) is -0.733. The molecule has 2 N–H and O–H groups in total. The van der Waals surface area contributed by atoms with Crippen molar-refractivity contribution in [3.63, 3.8) is 0 Å². The van der Waals surface area contributed by atoms with E-state index in [2.05, 4.69) is 11.8 Å². The lowest BCUT2D eigenvalue weighted by Gasteiger charge is -2.37. The van der Waals surface area contributed by atoms with Gasteiger partial charge in [-0.15, -0.1) is 0 Å². The second-order valence-electron chi connectivity index (χ2n) is 4.33. The molecule has 1 fully saturated rings. The summed E-state index contributed by atoms with van der Waals surface area (Å²) in [7, 11) is 0. The van der Waals surface area contributed by atoms with Gasteiger partial charge in [0.25, 0.3) is 0 Å². The zero-order valence-electron chi connectivity index (χ0n) is 9.76. The van der Waals surface area contributed by atoms with Gasteiger partial charge in [0, 0.05) is 19.0 Å². The minimum Gasteiger partial charge on any atom is -0.481 e. The van der Waals surface area contributed by atoms with Crippen LogP contribution in [0.2, 0.25) is 0 Å². The van der Waals surface area contributed by atoms with Crippen LogP contribution in [0.1, 0.15) is 26.2 Å². The van der Waals surface area contributed by atoms with Crippen molar-refractivity contribution in [2.45, 2.75) is 38.3 Å². The molecule has 1 heterocycles. The molecular formula is C11H21NO4. The number of rotatable bonds is 6.